The fourth-order valence-corrected chi connectivity index (χ4v) is 2.21. The topological polar surface area (TPSA) is 140 Å². The zero-order chi connectivity index (χ0) is 21.6. The van der Waals surface area contributed by atoms with Gasteiger partial charge in [0.05, 0.1) is 20.3 Å². The summed E-state index contributed by atoms with van der Waals surface area (Å²) in [5.41, 5.74) is 6.38. The van der Waals surface area contributed by atoms with Crippen molar-refractivity contribution in [2.45, 2.75) is 38.6 Å². The van der Waals surface area contributed by atoms with Gasteiger partial charge in [0, 0.05) is 6.08 Å². The van der Waals surface area contributed by atoms with Crippen molar-refractivity contribution < 1.29 is 33.7 Å². The van der Waals surface area contributed by atoms with Crippen LogP contribution in [0.5, 0.6) is 11.5 Å². The van der Waals surface area contributed by atoms with Gasteiger partial charge in [0.2, 0.25) is 0 Å². The molecule has 0 spiro atoms. The summed E-state index contributed by atoms with van der Waals surface area (Å²) in [5.74, 6) is -0.537. The molecule has 0 saturated heterocycles. The highest BCUT2D eigenvalue weighted by molar-refractivity contribution is 5.87. The summed E-state index contributed by atoms with van der Waals surface area (Å²) in [7, 11) is 1.43. The van der Waals surface area contributed by atoms with E-state index < -0.39 is 23.1 Å². The molecule has 1 atom stereocenters. The molecule has 0 bridgehead atoms. The third-order valence-corrected chi connectivity index (χ3v) is 3.69. The predicted molar refractivity (Wildman–Crippen MR) is 104 cm³/mol. The van der Waals surface area contributed by atoms with Gasteiger partial charge in [0.1, 0.15) is 6.04 Å². The molecule has 1 aromatic rings. The summed E-state index contributed by atoms with van der Waals surface area (Å²) in [5, 5.41) is 9.12. The van der Waals surface area contributed by atoms with Crippen LogP contribution in [-0.4, -0.2) is 43.4 Å². The fraction of sp³-hybridized carbons (Fsp3) is 0.474. The number of nitrogens with two attached hydrogens (primary N) is 1. The smallest absolute Gasteiger partial charge is 0.330 e. The summed E-state index contributed by atoms with van der Waals surface area (Å²) < 4.78 is 15.5. The number of esters is 2. The van der Waals surface area contributed by atoms with Gasteiger partial charge in [0.15, 0.2) is 11.5 Å². The second-order valence-corrected chi connectivity index (χ2v) is 5.99. The number of hydrogen-bond donors (Lipinski definition) is 1. The van der Waals surface area contributed by atoms with Crippen LogP contribution in [0.3, 0.4) is 0 Å². The molecule has 1 rings (SSSR count). The van der Waals surface area contributed by atoms with Crippen LogP contribution in [0.15, 0.2) is 24.3 Å². The summed E-state index contributed by atoms with van der Waals surface area (Å²) in [6.07, 6.45) is 4.89. The molecule has 0 amide bonds. The van der Waals surface area contributed by atoms with Crippen LogP contribution in [0.2, 0.25) is 0 Å². The van der Waals surface area contributed by atoms with Gasteiger partial charge in [-0.25, -0.2) is 9.59 Å². The summed E-state index contributed by atoms with van der Waals surface area (Å²) in [6.45, 7) is 2.01. The van der Waals surface area contributed by atoms with Crippen LogP contribution in [0.4, 0.5) is 0 Å². The van der Waals surface area contributed by atoms with Gasteiger partial charge < -0.3 is 24.8 Å². The minimum Gasteiger partial charge on any atom is -0.493 e. The van der Waals surface area contributed by atoms with Crippen molar-refractivity contribution in [3.8, 4) is 11.5 Å². The van der Waals surface area contributed by atoms with E-state index in [2.05, 4.69) is 4.84 Å². The van der Waals surface area contributed by atoms with Crippen LogP contribution >= 0.6 is 0 Å². The number of ether oxygens (including phenoxy) is 3. The first-order chi connectivity index (χ1) is 13.9. The second kappa shape index (κ2) is 13.1. The maximum absolute atomic E-state index is 12.0. The van der Waals surface area contributed by atoms with Crippen molar-refractivity contribution >= 4 is 18.0 Å². The highest BCUT2D eigenvalue weighted by atomic mass is 16.9. The first kappa shape index (κ1) is 23.9. The molecule has 10 heteroatoms. The van der Waals surface area contributed by atoms with E-state index in [1.807, 2.05) is 6.92 Å². The van der Waals surface area contributed by atoms with Crippen LogP contribution < -0.4 is 15.2 Å². The Balaban J connectivity index is 2.54. The number of benzene rings is 1. The van der Waals surface area contributed by atoms with Gasteiger partial charge in [-0.1, -0.05) is 19.4 Å². The molecule has 10 nitrogen and oxygen atoms in total. The molecule has 0 aliphatic carbocycles. The quantitative estimate of drug-likeness (QED) is 0.129. The number of rotatable bonds is 13. The van der Waals surface area contributed by atoms with Crippen LogP contribution in [0.1, 0.15) is 38.2 Å². The molecule has 0 fully saturated rings. The Bertz CT molecular complexity index is 720. The Morgan fingerprint density at radius 2 is 1.97 bits per heavy atom. The number of carbonyl (C=O) groups excluding carboxylic acids is 2. The normalized spacial score (nSPS) is 11.7. The lowest BCUT2D eigenvalue weighted by Gasteiger charge is -2.13. The Hall–Kier alpha value is -3.14. The van der Waals surface area contributed by atoms with Crippen molar-refractivity contribution in [1.29, 1.82) is 0 Å². The molecule has 0 aromatic heterocycles. The SMILES string of the molecule is CCCC(N)C(=O)Oc1ccc(/C=C/C(=O)OCCCCO[N+](=O)[O-])cc1OC. The molecule has 0 aliphatic heterocycles. The Labute approximate surface area is 168 Å². The van der Waals surface area contributed by atoms with E-state index in [0.717, 1.165) is 6.42 Å². The van der Waals surface area contributed by atoms with E-state index in [1.54, 1.807) is 18.2 Å². The molecule has 160 valence electrons. The monoisotopic (exact) mass is 410 g/mol. The van der Waals surface area contributed by atoms with Gasteiger partial charge in [-0.2, -0.15) is 0 Å². The molecular formula is C19H26N2O8. The number of unbranched alkanes of at least 4 members (excludes halogenated alkanes) is 1. The number of hydrogen-bond acceptors (Lipinski definition) is 9. The Morgan fingerprint density at radius 1 is 1.24 bits per heavy atom. The van der Waals surface area contributed by atoms with E-state index in [1.165, 1.54) is 19.3 Å². The standard InChI is InChI=1S/C19H26N2O8/c1-3-6-15(20)19(23)29-16-9-7-14(13-17(16)26-2)8-10-18(22)27-11-4-5-12-28-21(24)25/h7-10,13,15H,3-6,11-12,20H2,1-2H3/b10-8+. The van der Waals surface area contributed by atoms with E-state index in [4.69, 9.17) is 19.9 Å². The molecule has 0 saturated carbocycles. The zero-order valence-electron chi connectivity index (χ0n) is 16.5. The summed E-state index contributed by atoms with van der Waals surface area (Å²) in [6, 6.07) is 4.10. The average molecular weight is 410 g/mol. The molecule has 0 heterocycles. The van der Waals surface area contributed by atoms with Crippen molar-refractivity contribution in [1.82, 2.24) is 0 Å². The molecular weight excluding hydrogens is 384 g/mol. The third-order valence-electron chi connectivity index (χ3n) is 3.69. The highest BCUT2D eigenvalue weighted by Gasteiger charge is 2.17. The lowest BCUT2D eigenvalue weighted by atomic mass is 10.1. The van der Waals surface area contributed by atoms with Gasteiger partial charge in [-0.15, -0.1) is 10.1 Å². The maximum atomic E-state index is 12.0. The lowest BCUT2D eigenvalue weighted by Crippen LogP contribution is -2.34. The van der Waals surface area contributed by atoms with Crippen molar-refractivity contribution in [3.63, 3.8) is 0 Å². The number of carbonyl (C=O) groups is 2. The van der Waals surface area contributed by atoms with Crippen LogP contribution in [0, 0.1) is 10.1 Å². The minimum atomic E-state index is -0.866. The molecule has 2 N–H and O–H groups in total. The lowest BCUT2D eigenvalue weighted by molar-refractivity contribution is -0.757. The van der Waals surface area contributed by atoms with Crippen molar-refractivity contribution in [2.75, 3.05) is 20.3 Å². The van der Waals surface area contributed by atoms with E-state index >= 15 is 0 Å². The van der Waals surface area contributed by atoms with Gasteiger partial charge in [-0.05, 0) is 43.0 Å². The van der Waals surface area contributed by atoms with Gasteiger partial charge in [0.25, 0.3) is 5.09 Å². The summed E-state index contributed by atoms with van der Waals surface area (Å²) >= 11 is 0. The predicted octanol–water partition coefficient (Wildman–Crippen LogP) is 2.27. The van der Waals surface area contributed by atoms with Crippen molar-refractivity contribution in [2.24, 2.45) is 5.73 Å². The van der Waals surface area contributed by atoms with E-state index in [0.29, 0.717) is 30.6 Å². The largest absolute Gasteiger partial charge is 0.493 e. The second-order valence-electron chi connectivity index (χ2n) is 5.99. The molecule has 1 aromatic carbocycles. The van der Waals surface area contributed by atoms with Gasteiger partial charge >= 0.3 is 11.9 Å². The molecule has 1 unspecified atom stereocenters. The highest BCUT2D eigenvalue weighted by Crippen LogP contribution is 2.29. The molecule has 29 heavy (non-hydrogen) atoms. The minimum absolute atomic E-state index is 0.0412. The Kier molecular flexibility index (Phi) is 10.8. The van der Waals surface area contributed by atoms with Crippen LogP contribution in [0.25, 0.3) is 6.08 Å². The van der Waals surface area contributed by atoms with Gasteiger partial charge in [-0.3, -0.25) is 0 Å². The van der Waals surface area contributed by atoms with E-state index in [9.17, 15) is 19.7 Å². The maximum Gasteiger partial charge on any atom is 0.330 e. The molecule has 0 aliphatic rings. The number of methoxy groups -OCH3 is 1. The first-order valence-electron chi connectivity index (χ1n) is 9.14. The van der Waals surface area contributed by atoms with E-state index in [-0.39, 0.29) is 19.0 Å². The Morgan fingerprint density at radius 3 is 2.62 bits per heavy atom. The zero-order valence-corrected chi connectivity index (χ0v) is 16.5. The van der Waals surface area contributed by atoms with Crippen molar-refractivity contribution in [3.05, 3.63) is 40.0 Å². The first-order valence-corrected chi connectivity index (χ1v) is 9.14. The summed E-state index contributed by atoms with van der Waals surface area (Å²) in [4.78, 5) is 37.8. The average Bonchev–Trinajstić information content (AvgIpc) is 2.69. The van der Waals surface area contributed by atoms with Crippen LogP contribution in [-0.2, 0) is 19.2 Å². The third kappa shape index (κ3) is 9.56. The molecule has 0 radical (unpaired) electrons. The number of nitrogens with zero attached hydrogens (tertiary/aromatic N) is 1. The fourth-order valence-electron chi connectivity index (χ4n) is 2.21.